The summed E-state index contributed by atoms with van der Waals surface area (Å²) in [6, 6.07) is 3.95. The smallest absolute Gasteiger partial charge is 0.257 e. The Kier molecular flexibility index (Phi) is 3.88. The zero-order valence-corrected chi connectivity index (χ0v) is 12.8. The zero-order valence-electron chi connectivity index (χ0n) is 11.2. The Labute approximate surface area is 125 Å². The van der Waals surface area contributed by atoms with Gasteiger partial charge in [-0.3, -0.25) is 0 Å². The topological polar surface area (TPSA) is 56.7 Å². The number of rotatable bonds is 5. The van der Waals surface area contributed by atoms with Gasteiger partial charge in [0.15, 0.2) is 5.16 Å². The fraction of sp³-hybridized carbons (Fsp3) is 0.308. The molecule has 0 amide bonds. The highest BCUT2D eigenvalue weighted by atomic mass is 32.2. The molecule has 0 radical (unpaired) electrons. The van der Waals surface area contributed by atoms with Gasteiger partial charge >= 0.3 is 0 Å². The van der Waals surface area contributed by atoms with E-state index in [4.69, 9.17) is 4.42 Å². The van der Waals surface area contributed by atoms with Crippen LogP contribution in [0.5, 0.6) is 0 Å². The molecule has 3 aromatic rings. The van der Waals surface area contributed by atoms with Crippen LogP contribution in [0.3, 0.4) is 0 Å². The van der Waals surface area contributed by atoms with Crippen LogP contribution < -0.4 is 0 Å². The Morgan fingerprint density at radius 3 is 3.10 bits per heavy atom. The van der Waals surface area contributed by atoms with Crippen molar-refractivity contribution in [3.63, 3.8) is 0 Å². The Morgan fingerprint density at radius 2 is 2.35 bits per heavy atom. The first-order chi connectivity index (χ1) is 9.78. The van der Waals surface area contributed by atoms with Crippen molar-refractivity contribution in [2.45, 2.75) is 30.8 Å². The first kappa shape index (κ1) is 13.4. The molecule has 0 aliphatic heterocycles. The molecule has 3 aromatic heterocycles. The molecule has 3 heterocycles. The van der Waals surface area contributed by atoms with Crippen LogP contribution in [-0.4, -0.2) is 19.7 Å². The number of nitrogens with zero attached hydrogens (tertiary/aromatic N) is 4. The van der Waals surface area contributed by atoms with Gasteiger partial charge in [-0.15, -0.1) is 21.5 Å². The standard InChI is InChI=1S/C13H14N4OS2/c1-3-17-7-6-14-13(17)20-9(2)11-15-16-12(18-11)10-5-4-8-19-10/h4-9H,3H2,1-2H3. The van der Waals surface area contributed by atoms with Gasteiger partial charge in [0.2, 0.25) is 5.89 Å². The van der Waals surface area contributed by atoms with Gasteiger partial charge in [-0.25, -0.2) is 4.98 Å². The monoisotopic (exact) mass is 306 g/mol. The van der Waals surface area contributed by atoms with Gasteiger partial charge in [-0.2, -0.15) is 0 Å². The Balaban J connectivity index is 1.76. The second-order valence-electron chi connectivity index (χ2n) is 4.18. The van der Waals surface area contributed by atoms with E-state index in [2.05, 4.69) is 26.7 Å². The van der Waals surface area contributed by atoms with E-state index in [-0.39, 0.29) is 5.25 Å². The van der Waals surface area contributed by atoms with Crippen molar-refractivity contribution in [1.29, 1.82) is 0 Å². The molecule has 20 heavy (non-hydrogen) atoms. The first-order valence-corrected chi connectivity index (χ1v) is 8.09. The van der Waals surface area contributed by atoms with E-state index in [9.17, 15) is 0 Å². The average Bonchev–Trinajstić information content (AvgIpc) is 3.19. The minimum absolute atomic E-state index is 0.0731. The molecule has 0 saturated carbocycles. The molecule has 0 N–H and O–H groups in total. The molecule has 1 unspecified atom stereocenters. The first-order valence-electron chi connectivity index (χ1n) is 6.33. The Morgan fingerprint density at radius 1 is 1.45 bits per heavy atom. The SMILES string of the molecule is CCn1ccnc1SC(C)c1nnc(-c2cccs2)o1. The van der Waals surface area contributed by atoms with Gasteiger partial charge in [0.1, 0.15) is 0 Å². The van der Waals surface area contributed by atoms with Crippen molar-refractivity contribution in [3.8, 4) is 10.8 Å². The van der Waals surface area contributed by atoms with Crippen LogP contribution in [0, 0.1) is 0 Å². The highest BCUT2D eigenvalue weighted by Crippen LogP contribution is 2.34. The summed E-state index contributed by atoms with van der Waals surface area (Å²) in [5.41, 5.74) is 0. The van der Waals surface area contributed by atoms with Crippen molar-refractivity contribution in [2.24, 2.45) is 0 Å². The number of aryl methyl sites for hydroxylation is 1. The minimum Gasteiger partial charge on any atom is -0.419 e. The number of thiophene rings is 1. The summed E-state index contributed by atoms with van der Waals surface area (Å²) in [7, 11) is 0. The van der Waals surface area contributed by atoms with Gasteiger partial charge in [-0.1, -0.05) is 17.8 Å². The predicted octanol–water partition coefficient (Wildman–Crippen LogP) is 3.87. The summed E-state index contributed by atoms with van der Waals surface area (Å²) >= 11 is 3.22. The number of imidazole rings is 1. The summed E-state index contributed by atoms with van der Waals surface area (Å²) in [6.45, 7) is 5.04. The normalized spacial score (nSPS) is 12.7. The maximum Gasteiger partial charge on any atom is 0.257 e. The summed E-state index contributed by atoms with van der Waals surface area (Å²) < 4.78 is 7.84. The van der Waals surface area contributed by atoms with E-state index in [1.165, 1.54) is 0 Å². The molecular formula is C13H14N4OS2. The van der Waals surface area contributed by atoms with Crippen molar-refractivity contribution >= 4 is 23.1 Å². The average molecular weight is 306 g/mol. The van der Waals surface area contributed by atoms with Crippen LogP contribution in [0.4, 0.5) is 0 Å². The van der Waals surface area contributed by atoms with Crippen molar-refractivity contribution in [3.05, 3.63) is 35.8 Å². The Hall–Kier alpha value is -1.60. The maximum atomic E-state index is 5.74. The van der Waals surface area contributed by atoms with Crippen LogP contribution >= 0.6 is 23.1 Å². The molecule has 5 nitrogen and oxygen atoms in total. The molecular weight excluding hydrogens is 292 g/mol. The molecule has 0 bridgehead atoms. The number of aromatic nitrogens is 4. The van der Waals surface area contributed by atoms with Crippen LogP contribution in [0.25, 0.3) is 10.8 Å². The highest BCUT2D eigenvalue weighted by Gasteiger charge is 2.18. The molecule has 1 atom stereocenters. The lowest BCUT2D eigenvalue weighted by molar-refractivity contribution is 0.509. The third-order valence-electron chi connectivity index (χ3n) is 2.82. The van der Waals surface area contributed by atoms with Crippen LogP contribution in [0.15, 0.2) is 39.5 Å². The molecule has 7 heteroatoms. The van der Waals surface area contributed by atoms with Crippen molar-refractivity contribution in [1.82, 2.24) is 19.7 Å². The second-order valence-corrected chi connectivity index (χ2v) is 6.43. The summed E-state index contributed by atoms with van der Waals surface area (Å²) in [6.07, 6.45) is 3.78. The van der Waals surface area contributed by atoms with Gasteiger partial charge in [0, 0.05) is 18.9 Å². The van der Waals surface area contributed by atoms with Crippen LogP contribution in [-0.2, 0) is 6.54 Å². The van der Waals surface area contributed by atoms with Gasteiger partial charge < -0.3 is 8.98 Å². The number of hydrogen-bond acceptors (Lipinski definition) is 6. The summed E-state index contributed by atoms with van der Waals surface area (Å²) in [4.78, 5) is 5.34. The summed E-state index contributed by atoms with van der Waals surface area (Å²) in [5, 5.41) is 11.3. The molecule has 0 spiro atoms. The third kappa shape index (κ3) is 2.64. The van der Waals surface area contributed by atoms with E-state index in [0.717, 1.165) is 16.6 Å². The lowest BCUT2D eigenvalue weighted by Gasteiger charge is -2.07. The van der Waals surface area contributed by atoms with E-state index in [1.807, 2.05) is 36.8 Å². The summed E-state index contributed by atoms with van der Waals surface area (Å²) in [5.74, 6) is 1.21. The molecule has 104 valence electrons. The fourth-order valence-corrected chi connectivity index (χ4v) is 3.37. The lowest BCUT2D eigenvalue weighted by Crippen LogP contribution is -1.97. The van der Waals surface area contributed by atoms with Gasteiger partial charge in [-0.05, 0) is 25.3 Å². The quantitative estimate of drug-likeness (QED) is 0.670. The van der Waals surface area contributed by atoms with Gasteiger partial charge in [0.25, 0.3) is 5.89 Å². The van der Waals surface area contributed by atoms with E-state index in [1.54, 1.807) is 23.1 Å². The van der Waals surface area contributed by atoms with E-state index >= 15 is 0 Å². The predicted molar refractivity (Wildman–Crippen MR) is 79.8 cm³/mol. The fourth-order valence-electron chi connectivity index (χ4n) is 1.76. The minimum atomic E-state index is 0.0731. The zero-order chi connectivity index (χ0) is 13.9. The number of hydrogen-bond donors (Lipinski definition) is 0. The van der Waals surface area contributed by atoms with E-state index in [0.29, 0.717) is 11.8 Å². The third-order valence-corrected chi connectivity index (χ3v) is 4.78. The Bertz CT molecular complexity index is 674. The molecule has 0 aromatic carbocycles. The molecule has 0 aliphatic carbocycles. The van der Waals surface area contributed by atoms with Crippen LogP contribution in [0.1, 0.15) is 25.0 Å². The largest absolute Gasteiger partial charge is 0.419 e. The van der Waals surface area contributed by atoms with Gasteiger partial charge in [0.05, 0.1) is 10.1 Å². The lowest BCUT2D eigenvalue weighted by atomic mass is 10.5. The molecule has 0 aliphatic rings. The second kappa shape index (κ2) is 5.80. The van der Waals surface area contributed by atoms with Crippen molar-refractivity contribution < 1.29 is 4.42 Å². The van der Waals surface area contributed by atoms with Crippen molar-refractivity contribution in [2.75, 3.05) is 0 Å². The highest BCUT2D eigenvalue weighted by molar-refractivity contribution is 7.99. The molecule has 0 saturated heterocycles. The van der Waals surface area contributed by atoms with Crippen LogP contribution in [0.2, 0.25) is 0 Å². The molecule has 3 rings (SSSR count). The maximum absolute atomic E-state index is 5.74. The number of thioether (sulfide) groups is 1. The molecule has 0 fully saturated rings. The van der Waals surface area contributed by atoms with E-state index < -0.39 is 0 Å².